The van der Waals surface area contributed by atoms with Crippen molar-refractivity contribution in [3.63, 3.8) is 0 Å². The number of H-pyrrole nitrogens is 1. The lowest BCUT2D eigenvalue weighted by atomic mass is 9.83. The van der Waals surface area contributed by atoms with Crippen LogP contribution in [0.5, 0.6) is 5.75 Å². The third kappa shape index (κ3) is 4.11. The molecule has 36 heavy (non-hydrogen) atoms. The number of thioether (sulfide) groups is 1. The third-order valence-corrected chi connectivity index (χ3v) is 9.33. The number of hydrogen-bond acceptors (Lipinski definition) is 6. The molecule has 2 aliphatic heterocycles. The fourth-order valence-electron chi connectivity index (χ4n) is 4.73. The molecule has 3 heterocycles. The molecule has 1 saturated heterocycles. The van der Waals surface area contributed by atoms with Crippen molar-refractivity contribution in [1.29, 1.82) is 0 Å². The van der Waals surface area contributed by atoms with Gasteiger partial charge in [0.05, 0.1) is 16.6 Å². The molecule has 0 spiro atoms. The molecule has 9 heteroatoms. The van der Waals surface area contributed by atoms with Gasteiger partial charge < -0.3 is 9.72 Å². The minimum absolute atomic E-state index is 0.190. The highest BCUT2D eigenvalue weighted by molar-refractivity contribution is 9.10. The average Bonchev–Trinajstić information content (AvgIpc) is 3.39. The smallest absolute Gasteiger partial charge is 0.305 e. The molecule has 180 valence electrons. The summed E-state index contributed by atoms with van der Waals surface area (Å²) in [5.41, 5.74) is 2.48. The second kappa shape index (κ2) is 9.38. The number of hydrogen-bond donors (Lipinski definition) is 1. The van der Waals surface area contributed by atoms with Gasteiger partial charge in [-0.3, -0.25) is 14.4 Å². The quantitative estimate of drug-likeness (QED) is 0.313. The van der Waals surface area contributed by atoms with Crippen LogP contribution in [-0.4, -0.2) is 22.0 Å². The van der Waals surface area contributed by atoms with Crippen LogP contribution < -0.4 is 14.5 Å². The van der Waals surface area contributed by atoms with E-state index in [-0.39, 0.29) is 16.7 Å². The number of aromatic amines is 1. The van der Waals surface area contributed by atoms with Crippen LogP contribution in [0, 0.1) is 5.92 Å². The molecule has 1 aromatic heterocycles. The molecule has 6 nitrogen and oxygen atoms in total. The summed E-state index contributed by atoms with van der Waals surface area (Å²) in [6.45, 7) is 0.448. The van der Waals surface area contributed by atoms with E-state index in [1.54, 1.807) is 12.1 Å². The fourth-order valence-corrected chi connectivity index (χ4v) is 7.51. The van der Waals surface area contributed by atoms with Crippen LogP contribution in [0.2, 0.25) is 0 Å². The Balaban J connectivity index is 1.34. The Kier molecular flexibility index (Phi) is 6.07. The SMILES string of the molecule is O=C1C2Sc3[nH]c(=O)sc3[C@H](c3ccc(OCc4ccccc4)cc3)C2C(=O)N1c1ccc(Br)cc1. The topological polar surface area (TPSA) is 79.5 Å². The van der Waals surface area contributed by atoms with Crippen LogP contribution in [0.3, 0.4) is 0 Å². The molecule has 1 N–H and O–H groups in total. The van der Waals surface area contributed by atoms with Gasteiger partial charge in [0, 0.05) is 15.3 Å². The van der Waals surface area contributed by atoms with E-state index in [1.165, 1.54) is 16.7 Å². The Labute approximate surface area is 223 Å². The van der Waals surface area contributed by atoms with Crippen molar-refractivity contribution in [2.45, 2.75) is 22.8 Å². The highest BCUT2D eigenvalue weighted by Crippen LogP contribution is 2.53. The lowest BCUT2D eigenvalue weighted by Gasteiger charge is -2.29. The number of amides is 2. The number of halogens is 1. The Morgan fingerprint density at radius 1 is 0.889 bits per heavy atom. The van der Waals surface area contributed by atoms with Gasteiger partial charge in [-0.1, -0.05) is 81.5 Å². The number of benzene rings is 3. The van der Waals surface area contributed by atoms with Crippen molar-refractivity contribution < 1.29 is 14.3 Å². The molecule has 2 unspecified atom stereocenters. The van der Waals surface area contributed by atoms with Crippen molar-refractivity contribution in [1.82, 2.24) is 4.98 Å². The van der Waals surface area contributed by atoms with E-state index in [0.29, 0.717) is 23.1 Å². The van der Waals surface area contributed by atoms with Crippen molar-refractivity contribution >= 4 is 56.5 Å². The van der Waals surface area contributed by atoms with Gasteiger partial charge in [-0.25, -0.2) is 4.90 Å². The number of thiazole rings is 1. The van der Waals surface area contributed by atoms with Crippen molar-refractivity contribution in [3.05, 3.63) is 109 Å². The zero-order valence-electron chi connectivity index (χ0n) is 18.7. The summed E-state index contributed by atoms with van der Waals surface area (Å²) >= 11 is 5.78. The Bertz CT molecular complexity index is 1500. The summed E-state index contributed by atoms with van der Waals surface area (Å²) in [6.07, 6.45) is 0. The highest BCUT2D eigenvalue weighted by Gasteiger charge is 2.56. The van der Waals surface area contributed by atoms with Gasteiger partial charge in [0.25, 0.3) is 0 Å². The monoisotopic (exact) mass is 578 g/mol. The molecule has 2 aliphatic rings. The maximum absolute atomic E-state index is 13.7. The summed E-state index contributed by atoms with van der Waals surface area (Å²) < 4.78 is 6.79. The van der Waals surface area contributed by atoms with Gasteiger partial charge in [0.15, 0.2) is 0 Å². The lowest BCUT2D eigenvalue weighted by Crippen LogP contribution is -2.32. The average molecular weight is 579 g/mol. The normalized spacial score (nSPS) is 20.8. The third-order valence-electron chi connectivity index (χ3n) is 6.40. The largest absolute Gasteiger partial charge is 0.489 e. The molecule has 0 aliphatic carbocycles. The Morgan fingerprint density at radius 2 is 1.61 bits per heavy atom. The van der Waals surface area contributed by atoms with Gasteiger partial charge in [-0.05, 0) is 47.5 Å². The van der Waals surface area contributed by atoms with E-state index in [2.05, 4.69) is 20.9 Å². The molecular formula is C27H19BrN2O4S2. The van der Waals surface area contributed by atoms with Gasteiger partial charge in [-0.15, -0.1) is 0 Å². The summed E-state index contributed by atoms with van der Waals surface area (Å²) in [7, 11) is 0. The first-order chi connectivity index (χ1) is 17.5. The van der Waals surface area contributed by atoms with Gasteiger partial charge in [0.2, 0.25) is 11.8 Å². The zero-order valence-corrected chi connectivity index (χ0v) is 21.9. The second-order valence-corrected chi connectivity index (χ2v) is 11.7. The second-order valence-electron chi connectivity index (χ2n) is 8.58. The maximum Gasteiger partial charge on any atom is 0.305 e. The number of carbonyl (C=O) groups excluding carboxylic acids is 2. The number of rotatable bonds is 5. The van der Waals surface area contributed by atoms with Crippen molar-refractivity contribution in [3.8, 4) is 5.75 Å². The first-order valence-electron chi connectivity index (χ1n) is 11.3. The van der Waals surface area contributed by atoms with Gasteiger partial charge >= 0.3 is 4.87 Å². The summed E-state index contributed by atoms with van der Waals surface area (Å²) in [4.78, 5) is 44.2. The molecule has 0 saturated carbocycles. The minimum Gasteiger partial charge on any atom is -0.489 e. The molecule has 3 atom stereocenters. The van der Waals surface area contributed by atoms with E-state index < -0.39 is 17.1 Å². The van der Waals surface area contributed by atoms with E-state index in [0.717, 1.165) is 31.8 Å². The maximum atomic E-state index is 13.7. The van der Waals surface area contributed by atoms with Crippen LogP contribution >= 0.6 is 39.0 Å². The first kappa shape index (κ1) is 23.3. The van der Waals surface area contributed by atoms with Crippen molar-refractivity contribution in [2.75, 3.05) is 4.90 Å². The standard InChI is InChI=1S/C27H19BrN2O4S2/c28-17-8-10-18(11-9-17)30-25(31)21-20(22-24(29-27(33)36-22)35-23(21)26(30)32)16-6-12-19(13-7-16)34-14-15-4-2-1-3-5-15/h1-13,20-21,23H,14H2,(H,29,33)/t20-,21?,23?/m1/s1. The van der Waals surface area contributed by atoms with E-state index in [4.69, 9.17) is 4.74 Å². The predicted octanol–water partition coefficient (Wildman–Crippen LogP) is 5.57. The number of aromatic nitrogens is 1. The number of anilines is 1. The summed E-state index contributed by atoms with van der Waals surface area (Å²) in [6, 6.07) is 24.6. The molecule has 0 bridgehead atoms. The number of nitrogens with one attached hydrogen (secondary N) is 1. The molecular weight excluding hydrogens is 560 g/mol. The van der Waals surface area contributed by atoms with Gasteiger partial charge in [0.1, 0.15) is 17.6 Å². The number of ether oxygens (including phenoxy) is 1. The summed E-state index contributed by atoms with van der Waals surface area (Å²) in [5.74, 6) is -0.822. The van der Waals surface area contributed by atoms with Crippen LogP contribution in [0.4, 0.5) is 5.69 Å². The Hall–Kier alpha value is -3.14. The summed E-state index contributed by atoms with van der Waals surface area (Å²) in [5, 5.41) is 0.0531. The van der Waals surface area contributed by atoms with Crippen LogP contribution in [0.1, 0.15) is 21.9 Å². The predicted molar refractivity (Wildman–Crippen MR) is 144 cm³/mol. The van der Waals surface area contributed by atoms with E-state index in [9.17, 15) is 14.4 Å². The molecule has 6 rings (SSSR count). The van der Waals surface area contributed by atoms with Crippen molar-refractivity contribution in [2.24, 2.45) is 5.92 Å². The minimum atomic E-state index is -0.613. The molecule has 0 radical (unpaired) electrons. The number of nitrogens with zero attached hydrogens (tertiary/aromatic N) is 1. The van der Waals surface area contributed by atoms with E-state index >= 15 is 0 Å². The molecule has 1 fully saturated rings. The molecule has 3 aromatic carbocycles. The van der Waals surface area contributed by atoms with Crippen LogP contribution in [0.25, 0.3) is 0 Å². The number of imide groups is 1. The van der Waals surface area contributed by atoms with Crippen LogP contribution in [0.15, 0.2) is 93.2 Å². The van der Waals surface area contributed by atoms with Gasteiger partial charge in [-0.2, -0.15) is 0 Å². The fraction of sp³-hybridized carbons (Fsp3) is 0.148. The zero-order chi connectivity index (χ0) is 24.8. The molecule has 2 amide bonds. The first-order valence-corrected chi connectivity index (χ1v) is 13.8. The Morgan fingerprint density at radius 3 is 2.33 bits per heavy atom. The van der Waals surface area contributed by atoms with E-state index in [1.807, 2.05) is 66.7 Å². The number of fused-ring (bicyclic) bond motifs is 2. The highest BCUT2D eigenvalue weighted by atomic mass is 79.9. The lowest BCUT2D eigenvalue weighted by molar-refractivity contribution is -0.122. The number of carbonyl (C=O) groups is 2. The molecule has 4 aromatic rings. The van der Waals surface area contributed by atoms with Crippen LogP contribution in [-0.2, 0) is 16.2 Å².